The van der Waals surface area contributed by atoms with Crippen LogP contribution in [-0.2, 0) is 15.6 Å². The van der Waals surface area contributed by atoms with Crippen LogP contribution < -0.4 is 5.32 Å². The average Bonchev–Trinajstić information content (AvgIpc) is 2.90. The van der Waals surface area contributed by atoms with Gasteiger partial charge in [-0.1, -0.05) is 18.9 Å². The second-order valence-corrected chi connectivity index (χ2v) is 8.00. The molecule has 1 aliphatic rings. The molecule has 1 aromatic rings. The summed E-state index contributed by atoms with van der Waals surface area (Å²) in [5, 5.41) is 23.3. The zero-order valence-electron chi connectivity index (χ0n) is 12.2. The van der Waals surface area contributed by atoms with Gasteiger partial charge < -0.3 is 15.5 Å². The van der Waals surface area contributed by atoms with Crippen molar-refractivity contribution in [1.29, 1.82) is 0 Å². The minimum Gasteiger partial charge on any atom is -0.508 e. The minimum absolute atomic E-state index is 0.0554. The van der Waals surface area contributed by atoms with Crippen molar-refractivity contribution in [2.24, 2.45) is 0 Å². The predicted molar refractivity (Wildman–Crippen MR) is 81.9 cm³/mol. The summed E-state index contributed by atoms with van der Waals surface area (Å²) in [6, 6.07) is 5.10. The van der Waals surface area contributed by atoms with Gasteiger partial charge in [-0.3, -0.25) is 0 Å². The van der Waals surface area contributed by atoms with E-state index in [1.807, 2.05) is 0 Å². The third kappa shape index (κ3) is 4.98. The standard InChI is InChI=1S/C15H23NO4S/c1-21(19,20)10-12-8-11(6-7-14(12)17)15(18)9-16-13-4-2-3-5-13/h6-8,13,15-18H,2-5,9-10H2,1H3. The number of aliphatic hydroxyl groups excluding tert-OH is 1. The third-order valence-corrected chi connectivity index (χ3v) is 4.70. The number of hydrogen-bond donors (Lipinski definition) is 3. The summed E-state index contributed by atoms with van der Waals surface area (Å²) in [5.41, 5.74) is 0.951. The SMILES string of the molecule is CS(=O)(=O)Cc1cc(C(O)CNC2CCCC2)ccc1O. The predicted octanol–water partition coefficient (Wildman–Crippen LogP) is 1.50. The number of aromatic hydroxyl groups is 1. The van der Waals surface area contributed by atoms with Crippen molar-refractivity contribution < 1.29 is 18.6 Å². The van der Waals surface area contributed by atoms with Crippen LogP contribution in [0.4, 0.5) is 0 Å². The first-order valence-electron chi connectivity index (χ1n) is 7.26. The fourth-order valence-electron chi connectivity index (χ4n) is 2.74. The van der Waals surface area contributed by atoms with E-state index in [-0.39, 0.29) is 11.5 Å². The van der Waals surface area contributed by atoms with Gasteiger partial charge >= 0.3 is 0 Å². The third-order valence-electron chi connectivity index (χ3n) is 3.86. The number of hydrogen-bond acceptors (Lipinski definition) is 5. The second-order valence-electron chi connectivity index (χ2n) is 5.86. The van der Waals surface area contributed by atoms with Crippen LogP contribution in [0.15, 0.2) is 18.2 Å². The van der Waals surface area contributed by atoms with Gasteiger partial charge in [-0.2, -0.15) is 0 Å². The smallest absolute Gasteiger partial charge is 0.151 e. The van der Waals surface area contributed by atoms with E-state index in [4.69, 9.17) is 0 Å². The first kappa shape index (κ1) is 16.3. The van der Waals surface area contributed by atoms with E-state index in [0.717, 1.165) is 19.1 Å². The topological polar surface area (TPSA) is 86.6 Å². The highest BCUT2D eigenvalue weighted by Gasteiger charge is 2.17. The number of phenols is 1. The summed E-state index contributed by atoms with van der Waals surface area (Å²) in [6.45, 7) is 0.438. The Bertz CT molecular complexity index is 579. The van der Waals surface area contributed by atoms with Crippen LogP contribution in [0.2, 0.25) is 0 Å². The molecule has 3 N–H and O–H groups in total. The second kappa shape index (κ2) is 6.77. The molecule has 6 heteroatoms. The summed E-state index contributed by atoms with van der Waals surface area (Å²) < 4.78 is 22.7. The molecule has 1 atom stereocenters. The summed E-state index contributed by atoms with van der Waals surface area (Å²) in [7, 11) is -3.22. The Morgan fingerprint density at radius 3 is 2.62 bits per heavy atom. The van der Waals surface area contributed by atoms with E-state index in [1.165, 1.54) is 18.9 Å². The quantitative estimate of drug-likeness (QED) is 0.741. The highest BCUT2D eigenvalue weighted by molar-refractivity contribution is 7.89. The van der Waals surface area contributed by atoms with Gasteiger partial charge in [-0.05, 0) is 30.5 Å². The molecule has 5 nitrogen and oxygen atoms in total. The molecule has 0 heterocycles. The molecule has 0 spiro atoms. The van der Waals surface area contributed by atoms with E-state index < -0.39 is 15.9 Å². The van der Waals surface area contributed by atoms with Gasteiger partial charge in [0.2, 0.25) is 0 Å². The Morgan fingerprint density at radius 1 is 1.33 bits per heavy atom. The van der Waals surface area contributed by atoms with Crippen molar-refractivity contribution in [3.05, 3.63) is 29.3 Å². The summed E-state index contributed by atoms with van der Waals surface area (Å²) in [6.07, 6.45) is 5.15. The molecule has 0 amide bonds. The molecule has 118 valence electrons. The van der Waals surface area contributed by atoms with Crippen LogP contribution in [-0.4, -0.2) is 37.5 Å². The molecule has 0 radical (unpaired) electrons. The highest BCUT2D eigenvalue weighted by Crippen LogP contribution is 2.24. The Hall–Kier alpha value is -1.11. The fraction of sp³-hybridized carbons (Fsp3) is 0.600. The molecule has 1 fully saturated rings. The molecule has 0 saturated heterocycles. The maximum atomic E-state index is 11.3. The number of nitrogens with one attached hydrogen (secondary N) is 1. The maximum Gasteiger partial charge on any atom is 0.151 e. The van der Waals surface area contributed by atoms with Gasteiger partial charge in [-0.25, -0.2) is 8.42 Å². The van der Waals surface area contributed by atoms with Crippen molar-refractivity contribution in [2.75, 3.05) is 12.8 Å². The molecule has 21 heavy (non-hydrogen) atoms. The van der Waals surface area contributed by atoms with Crippen LogP contribution in [0, 0.1) is 0 Å². The number of phenolic OH excluding ortho intramolecular Hbond substituents is 1. The lowest BCUT2D eigenvalue weighted by Gasteiger charge is -2.17. The van der Waals surface area contributed by atoms with E-state index in [0.29, 0.717) is 23.7 Å². The van der Waals surface area contributed by atoms with E-state index >= 15 is 0 Å². The molecule has 1 saturated carbocycles. The van der Waals surface area contributed by atoms with Crippen LogP contribution in [0.1, 0.15) is 42.9 Å². The molecule has 0 aliphatic heterocycles. The van der Waals surface area contributed by atoms with Crippen LogP contribution >= 0.6 is 0 Å². The Morgan fingerprint density at radius 2 is 2.00 bits per heavy atom. The summed E-state index contributed by atoms with van der Waals surface area (Å²) >= 11 is 0. The molecule has 1 unspecified atom stereocenters. The summed E-state index contributed by atoms with van der Waals surface area (Å²) in [4.78, 5) is 0. The van der Waals surface area contributed by atoms with Gasteiger partial charge in [-0.15, -0.1) is 0 Å². The van der Waals surface area contributed by atoms with Crippen molar-refractivity contribution in [3.8, 4) is 5.75 Å². The van der Waals surface area contributed by atoms with Crippen molar-refractivity contribution in [1.82, 2.24) is 5.32 Å². The number of aliphatic hydroxyl groups is 1. The minimum atomic E-state index is -3.22. The van der Waals surface area contributed by atoms with E-state index in [1.54, 1.807) is 12.1 Å². The van der Waals surface area contributed by atoms with E-state index in [9.17, 15) is 18.6 Å². The van der Waals surface area contributed by atoms with Crippen LogP contribution in [0.5, 0.6) is 5.75 Å². The first-order valence-corrected chi connectivity index (χ1v) is 9.32. The number of benzene rings is 1. The summed E-state index contributed by atoms with van der Waals surface area (Å²) in [5.74, 6) is -0.282. The highest BCUT2D eigenvalue weighted by atomic mass is 32.2. The van der Waals surface area contributed by atoms with Crippen molar-refractivity contribution in [3.63, 3.8) is 0 Å². The zero-order chi connectivity index (χ0) is 15.5. The van der Waals surface area contributed by atoms with Gasteiger partial charge in [0.15, 0.2) is 9.84 Å². The maximum absolute atomic E-state index is 11.3. The molecule has 1 aliphatic carbocycles. The number of sulfone groups is 1. The fourth-order valence-corrected chi connectivity index (χ4v) is 3.53. The monoisotopic (exact) mass is 313 g/mol. The average molecular weight is 313 g/mol. The zero-order valence-corrected chi connectivity index (χ0v) is 13.1. The Kier molecular flexibility index (Phi) is 5.24. The largest absolute Gasteiger partial charge is 0.508 e. The molecule has 2 rings (SSSR count). The molecular weight excluding hydrogens is 290 g/mol. The van der Waals surface area contributed by atoms with Crippen LogP contribution in [0.3, 0.4) is 0 Å². The van der Waals surface area contributed by atoms with Crippen LogP contribution in [0.25, 0.3) is 0 Å². The normalized spacial score (nSPS) is 18.0. The van der Waals surface area contributed by atoms with Crippen molar-refractivity contribution >= 4 is 9.84 Å². The molecular formula is C15H23NO4S. The lowest BCUT2D eigenvalue weighted by Crippen LogP contribution is -2.30. The van der Waals surface area contributed by atoms with E-state index in [2.05, 4.69) is 5.32 Å². The van der Waals surface area contributed by atoms with Gasteiger partial charge in [0.25, 0.3) is 0 Å². The molecule has 0 bridgehead atoms. The van der Waals surface area contributed by atoms with Crippen molar-refractivity contribution in [2.45, 2.75) is 43.6 Å². The van der Waals surface area contributed by atoms with Gasteiger partial charge in [0.05, 0.1) is 11.9 Å². The molecule has 1 aromatic carbocycles. The Labute approximate surface area is 125 Å². The van der Waals surface area contributed by atoms with Gasteiger partial charge in [0, 0.05) is 24.4 Å². The Balaban J connectivity index is 2.02. The van der Waals surface area contributed by atoms with Gasteiger partial charge in [0.1, 0.15) is 5.75 Å². The molecule has 0 aromatic heterocycles. The first-order chi connectivity index (χ1) is 9.85. The number of rotatable bonds is 6. The lowest BCUT2D eigenvalue weighted by molar-refractivity contribution is 0.170. The lowest BCUT2D eigenvalue weighted by atomic mass is 10.1.